The summed E-state index contributed by atoms with van der Waals surface area (Å²) < 4.78 is 0. The second kappa shape index (κ2) is 5.02. The fourth-order valence-corrected chi connectivity index (χ4v) is 2.11. The molecule has 0 radical (unpaired) electrons. The second-order valence-electron chi connectivity index (χ2n) is 4.66. The highest BCUT2D eigenvalue weighted by Gasteiger charge is 2.32. The van der Waals surface area contributed by atoms with Gasteiger partial charge in [0.1, 0.15) is 5.76 Å². The number of benzene rings is 1. The van der Waals surface area contributed by atoms with E-state index in [1.807, 2.05) is 13.8 Å². The highest BCUT2D eigenvalue weighted by molar-refractivity contribution is 6.52. The van der Waals surface area contributed by atoms with Crippen LogP contribution < -0.4 is 0 Å². The van der Waals surface area contributed by atoms with Gasteiger partial charge in [0.05, 0.1) is 0 Å². The van der Waals surface area contributed by atoms with Crippen molar-refractivity contribution in [1.82, 2.24) is 0 Å². The van der Waals surface area contributed by atoms with Gasteiger partial charge in [0, 0.05) is 21.7 Å². The molecule has 3 nitrogen and oxygen atoms in total. The average molecular weight is 277 g/mol. The molecule has 2 rings (SSSR count). The molecule has 98 valence electrons. The van der Waals surface area contributed by atoms with Gasteiger partial charge < -0.3 is 5.11 Å². The molecule has 1 aromatic carbocycles. The molecule has 0 spiro atoms. The minimum absolute atomic E-state index is 0.131. The molecule has 19 heavy (non-hydrogen) atoms. The minimum atomic E-state index is -0.662. The van der Waals surface area contributed by atoms with Crippen molar-refractivity contribution in [3.05, 3.63) is 51.6 Å². The molecule has 0 saturated heterocycles. The van der Waals surface area contributed by atoms with Crippen molar-refractivity contribution in [2.45, 2.75) is 20.3 Å². The van der Waals surface area contributed by atoms with Crippen LogP contribution in [-0.2, 0) is 4.79 Å². The van der Waals surface area contributed by atoms with Gasteiger partial charge in [-0.05, 0) is 38.5 Å². The normalized spacial score (nSPS) is 14.5. The van der Waals surface area contributed by atoms with Gasteiger partial charge in [-0.1, -0.05) is 23.3 Å². The van der Waals surface area contributed by atoms with Crippen LogP contribution in [0.4, 0.5) is 0 Å². The number of allylic oxidation sites excluding steroid dienone is 3. The van der Waals surface area contributed by atoms with Crippen molar-refractivity contribution in [2.75, 3.05) is 0 Å². The van der Waals surface area contributed by atoms with Gasteiger partial charge in [-0.3, -0.25) is 9.59 Å². The van der Waals surface area contributed by atoms with E-state index in [0.29, 0.717) is 10.6 Å². The molecule has 0 aromatic heterocycles. The Hall–Kier alpha value is -1.87. The molecule has 1 aromatic rings. The van der Waals surface area contributed by atoms with Crippen LogP contribution in [0.2, 0.25) is 5.02 Å². The largest absolute Gasteiger partial charge is 0.507 e. The van der Waals surface area contributed by atoms with Crippen molar-refractivity contribution in [3.63, 3.8) is 0 Å². The molecule has 4 heteroatoms. The second-order valence-corrected chi connectivity index (χ2v) is 5.10. The Kier molecular flexibility index (Phi) is 3.58. The van der Waals surface area contributed by atoms with Crippen molar-refractivity contribution in [2.24, 2.45) is 0 Å². The van der Waals surface area contributed by atoms with E-state index in [1.165, 1.54) is 6.07 Å². The van der Waals surface area contributed by atoms with Crippen LogP contribution >= 0.6 is 11.6 Å². The van der Waals surface area contributed by atoms with E-state index in [0.717, 1.165) is 5.57 Å². The topological polar surface area (TPSA) is 54.4 Å². The molecule has 1 N–H and O–H groups in total. The first-order valence-electron chi connectivity index (χ1n) is 5.86. The number of aliphatic hydroxyl groups is 1. The number of aliphatic hydroxyl groups excluding tert-OH is 1. The summed E-state index contributed by atoms with van der Waals surface area (Å²) in [6, 6.07) is 4.54. The van der Waals surface area contributed by atoms with Gasteiger partial charge in [-0.15, -0.1) is 0 Å². The van der Waals surface area contributed by atoms with Gasteiger partial charge in [-0.2, -0.15) is 0 Å². The van der Waals surface area contributed by atoms with E-state index < -0.39 is 11.6 Å². The zero-order valence-electron chi connectivity index (χ0n) is 10.7. The Morgan fingerprint density at radius 1 is 1.21 bits per heavy atom. The highest BCUT2D eigenvalue weighted by Crippen LogP contribution is 2.31. The Bertz CT molecular complexity index is 635. The Morgan fingerprint density at radius 3 is 2.53 bits per heavy atom. The molecular weight excluding hydrogens is 264 g/mol. The number of halogens is 1. The molecule has 0 amide bonds. The molecule has 0 unspecified atom stereocenters. The molecule has 0 fully saturated rings. The van der Waals surface area contributed by atoms with Crippen LogP contribution in [0.25, 0.3) is 5.76 Å². The number of carbonyl (C=O) groups excluding carboxylic acids is 2. The summed E-state index contributed by atoms with van der Waals surface area (Å²) in [4.78, 5) is 24.0. The fraction of sp³-hybridized carbons (Fsp3) is 0.200. The van der Waals surface area contributed by atoms with Crippen LogP contribution in [0.3, 0.4) is 0 Å². The minimum Gasteiger partial charge on any atom is -0.507 e. The maximum absolute atomic E-state index is 12.0. The zero-order valence-corrected chi connectivity index (χ0v) is 11.4. The predicted octanol–water partition coefficient (Wildman–Crippen LogP) is 3.73. The lowest BCUT2D eigenvalue weighted by Gasteiger charge is -2.17. The zero-order chi connectivity index (χ0) is 14.2. The van der Waals surface area contributed by atoms with Crippen LogP contribution in [0, 0.1) is 0 Å². The van der Waals surface area contributed by atoms with Crippen molar-refractivity contribution in [1.29, 1.82) is 0 Å². The number of fused-ring (bicyclic) bond motifs is 1. The Labute approximate surface area is 116 Å². The molecule has 0 aliphatic heterocycles. The first-order valence-corrected chi connectivity index (χ1v) is 6.24. The molecule has 0 bridgehead atoms. The van der Waals surface area contributed by atoms with E-state index >= 15 is 0 Å². The summed E-state index contributed by atoms with van der Waals surface area (Å²) in [5.74, 6) is -1.41. The van der Waals surface area contributed by atoms with Crippen LogP contribution in [0.15, 0.2) is 35.4 Å². The third kappa shape index (κ3) is 2.47. The van der Waals surface area contributed by atoms with E-state index in [2.05, 4.69) is 0 Å². The number of hydrogen-bond acceptors (Lipinski definition) is 3. The predicted molar refractivity (Wildman–Crippen MR) is 74.4 cm³/mol. The summed E-state index contributed by atoms with van der Waals surface area (Å²) in [6.45, 7) is 3.78. The SMILES string of the molecule is CC(C)=CCC1=C(O)c2ccc(Cl)cc2C(=O)C1=O. The van der Waals surface area contributed by atoms with Crippen molar-refractivity contribution >= 4 is 28.9 Å². The van der Waals surface area contributed by atoms with Crippen LogP contribution in [0.5, 0.6) is 0 Å². The van der Waals surface area contributed by atoms with Crippen LogP contribution in [0.1, 0.15) is 36.2 Å². The molecule has 0 heterocycles. The average Bonchev–Trinajstić information content (AvgIpc) is 2.35. The number of Topliss-reactive ketones (excluding diaryl/α,β-unsaturated/α-hetero) is 2. The van der Waals surface area contributed by atoms with E-state index in [9.17, 15) is 14.7 Å². The lowest BCUT2D eigenvalue weighted by molar-refractivity contribution is -0.112. The van der Waals surface area contributed by atoms with Gasteiger partial charge in [0.15, 0.2) is 0 Å². The summed E-state index contributed by atoms with van der Waals surface area (Å²) >= 11 is 5.81. The smallest absolute Gasteiger partial charge is 0.234 e. The lowest BCUT2D eigenvalue weighted by Crippen LogP contribution is -2.23. The van der Waals surface area contributed by atoms with Crippen LogP contribution in [-0.4, -0.2) is 16.7 Å². The van der Waals surface area contributed by atoms with Gasteiger partial charge in [0.2, 0.25) is 11.6 Å². The van der Waals surface area contributed by atoms with E-state index in [1.54, 1.807) is 18.2 Å². The van der Waals surface area contributed by atoms with Gasteiger partial charge in [0.25, 0.3) is 0 Å². The molecule has 0 saturated carbocycles. The highest BCUT2D eigenvalue weighted by atomic mass is 35.5. The number of rotatable bonds is 2. The van der Waals surface area contributed by atoms with E-state index in [4.69, 9.17) is 11.6 Å². The first-order chi connectivity index (χ1) is 8.91. The first kappa shape index (κ1) is 13.6. The fourth-order valence-electron chi connectivity index (χ4n) is 1.94. The Morgan fingerprint density at radius 2 is 1.89 bits per heavy atom. The van der Waals surface area contributed by atoms with E-state index in [-0.39, 0.29) is 23.3 Å². The number of hydrogen-bond donors (Lipinski definition) is 1. The molecular formula is C15H13ClO3. The lowest BCUT2D eigenvalue weighted by atomic mass is 9.87. The molecule has 0 atom stereocenters. The monoisotopic (exact) mass is 276 g/mol. The summed E-state index contributed by atoms with van der Waals surface area (Å²) in [5.41, 5.74) is 1.69. The third-order valence-electron chi connectivity index (χ3n) is 2.96. The van der Waals surface area contributed by atoms with Gasteiger partial charge >= 0.3 is 0 Å². The quantitative estimate of drug-likeness (QED) is 0.661. The Balaban J connectivity index is 2.58. The summed E-state index contributed by atoms with van der Waals surface area (Å²) in [7, 11) is 0. The van der Waals surface area contributed by atoms with Gasteiger partial charge in [-0.25, -0.2) is 0 Å². The number of carbonyl (C=O) groups is 2. The maximum Gasteiger partial charge on any atom is 0.234 e. The summed E-state index contributed by atoms with van der Waals surface area (Å²) in [5, 5.41) is 10.5. The van der Waals surface area contributed by atoms with Crippen molar-refractivity contribution in [3.8, 4) is 0 Å². The van der Waals surface area contributed by atoms with Crippen molar-refractivity contribution < 1.29 is 14.7 Å². The summed E-state index contributed by atoms with van der Waals surface area (Å²) in [6.07, 6.45) is 2.05. The molecule has 1 aliphatic rings. The number of ketones is 2. The molecule has 1 aliphatic carbocycles. The maximum atomic E-state index is 12.0. The standard InChI is InChI=1S/C15H13ClO3/c1-8(2)3-5-11-13(17)10-6-4-9(16)7-12(10)15(19)14(11)18/h3-4,6-7,17H,5H2,1-2H3. The third-order valence-corrected chi connectivity index (χ3v) is 3.20.